The maximum atomic E-state index is 6.79. The normalized spacial score (nSPS) is 13.5. The molecule has 0 aromatic heterocycles. The Morgan fingerprint density at radius 2 is 0.418 bits per heavy atom. The minimum absolute atomic E-state index is 0.00231. The summed E-state index contributed by atoms with van der Waals surface area (Å²) >= 11 is 0. The summed E-state index contributed by atoms with van der Waals surface area (Å²) in [7, 11) is 0. The summed E-state index contributed by atoms with van der Waals surface area (Å²) in [6.45, 7) is 13.5. The van der Waals surface area contributed by atoms with Crippen LogP contribution in [0.15, 0.2) is 0 Å². The molecule has 0 spiro atoms. The first-order chi connectivity index (χ1) is 27.2. The zero-order valence-electron chi connectivity index (χ0n) is 39.4. The van der Waals surface area contributed by atoms with E-state index in [1.54, 1.807) is 0 Å². The summed E-state index contributed by atoms with van der Waals surface area (Å²) in [6, 6.07) is 0. The van der Waals surface area contributed by atoms with Crippen LogP contribution in [-0.2, 0) is 9.47 Å². The highest BCUT2D eigenvalue weighted by Crippen LogP contribution is 2.24. The van der Waals surface area contributed by atoms with E-state index in [1.165, 1.54) is 270 Å². The lowest BCUT2D eigenvalue weighted by molar-refractivity contribution is -0.162. The minimum Gasteiger partial charge on any atom is -0.352 e. The smallest absolute Gasteiger partial charge is 0.157 e. The number of hydrogen-bond donors (Lipinski definition) is 0. The zero-order chi connectivity index (χ0) is 40.0. The highest BCUT2D eigenvalue weighted by atomic mass is 16.7. The van der Waals surface area contributed by atoms with Crippen LogP contribution in [0.3, 0.4) is 0 Å². The molecule has 0 aromatic rings. The molecule has 0 rings (SSSR count). The van der Waals surface area contributed by atoms with Gasteiger partial charge in [0, 0.05) is 0 Å². The third-order valence-electron chi connectivity index (χ3n) is 12.7. The molecule has 0 fully saturated rings. The van der Waals surface area contributed by atoms with Gasteiger partial charge in [-0.3, -0.25) is 0 Å². The van der Waals surface area contributed by atoms with Gasteiger partial charge in [-0.15, -0.1) is 0 Å². The molecule has 332 valence electrons. The Hall–Kier alpha value is -0.0800. The molecule has 0 heterocycles. The summed E-state index contributed by atoms with van der Waals surface area (Å²) in [4.78, 5) is 0. The summed E-state index contributed by atoms with van der Waals surface area (Å²) in [6.07, 6.45) is 60.0. The average Bonchev–Trinajstić information content (AvgIpc) is 3.20. The van der Waals surface area contributed by atoms with Gasteiger partial charge in [-0.1, -0.05) is 272 Å². The van der Waals surface area contributed by atoms with Crippen LogP contribution in [0.2, 0.25) is 0 Å². The van der Waals surface area contributed by atoms with Gasteiger partial charge in [-0.25, -0.2) is 0 Å². The summed E-state index contributed by atoms with van der Waals surface area (Å²) < 4.78 is 13.6. The van der Waals surface area contributed by atoms with Gasteiger partial charge in [0.15, 0.2) is 6.29 Å². The topological polar surface area (TPSA) is 18.5 Å². The van der Waals surface area contributed by atoms with Crippen molar-refractivity contribution < 1.29 is 9.47 Å². The molecular formula is C53H108O2. The van der Waals surface area contributed by atoms with Crippen LogP contribution in [0.1, 0.15) is 311 Å². The molecule has 0 radical (unpaired) electrons. The van der Waals surface area contributed by atoms with Crippen molar-refractivity contribution in [3.63, 3.8) is 0 Å². The van der Waals surface area contributed by atoms with E-state index in [4.69, 9.17) is 9.47 Å². The van der Waals surface area contributed by atoms with E-state index in [0.717, 1.165) is 19.6 Å². The highest BCUT2D eigenvalue weighted by Gasteiger charge is 2.18. The van der Waals surface area contributed by atoms with Gasteiger partial charge in [0.2, 0.25) is 0 Å². The SMILES string of the molecule is CCCCCCCCCCCCC(CCCCCCCCCC)COC(CCCC)OCC(CCCCCCCCCC)CCCCCCCCCCCC. The van der Waals surface area contributed by atoms with Crippen LogP contribution < -0.4 is 0 Å². The van der Waals surface area contributed by atoms with Crippen molar-refractivity contribution in [2.75, 3.05) is 13.2 Å². The van der Waals surface area contributed by atoms with E-state index >= 15 is 0 Å². The van der Waals surface area contributed by atoms with Crippen molar-refractivity contribution in [2.45, 2.75) is 317 Å². The summed E-state index contributed by atoms with van der Waals surface area (Å²) in [5.41, 5.74) is 0. The molecule has 2 atom stereocenters. The molecule has 2 heteroatoms. The van der Waals surface area contributed by atoms with Gasteiger partial charge in [0.25, 0.3) is 0 Å². The second-order valence-electron chi connectivity index (χ2n) is 18.4. The molecule has 0 bridgehead atoms. The fourth-order valence-corrected chi connectivity index (χ4v) is 8.67. The van der Waals surface area contributed by atoms with Crippen molar-refractivity contribution in [3.05, 3.63) is 0 Å². The summed E-state index contributed by atoms with van der Waals surface area (Å²) in [5, 5.41) is 0. The van der Waals surface area contributed by atoms with Crippen LogP contribution in [0.4, 0.5) is 0 Å². The van der Waals surface area contributed by atoms with Gasteiger partial charge in [0.05, 0.1) is 13.2 Å². The first-order valence-electron chi connectivity index (χ1n) is 26.4. The van der Waals surface area contributed by atoms with Crippen LogP contribution in [0.25, 0.3) is 0 Å². The zero-order valence-corrected chi connectivity index (χ0v) is 39.4. The number of unbranched alkanes of at least 4 members (excludes halogenated alkanes) is 33. The van der Waals surface area contributed by atoms with Gasteiger partial charge in [0.1, 0.15) is 0 Å². The molecule has 0 aliphatic rings. The van der Waals surface area contributed by atoms with Crippen molar-refractivity contribution in [2.24, 2.45) is 11.8 Å². The van der Waals surface area contributed by atoms with E-state index in [1.807, 2.05) is 0 Å². The molecule has 0 saturated carbocycles. The third-order valence-corrected chi connectivity index (χ3v) is 12.7. The van der Waals surface area contributed by atoms with Gasteiger partial charge in [-0.05, 0) is 50.4 Å². The van der Waals surface area contributed by atoms with E-state index in [2.05, 4.69) is 34.6 Å². The number of ether oxygens (including phenoxy) is 2. The minimum atomic E-state index is 0.00231. The molecule has 0 amide bonds. The second-order valence-corrected chi connectivity index (χ2v) is 18.4. The molecule has 0 N–H and O–H groups in total. The Morgan fingerprint density at radius 3 is 0.636 bits per heavy atom. The molecule has 0 saturated heterocycles. The Bertz CT molecular complexity index is 611. The Morgan fingerprint density at radius 1 is 0.218 bits per heavy atom. The fourth-order valence-electron chi connectivity index (χ4n) is 8.67. The third kappa shape index (κ3) is 43.3. The van der Waals surface area contributed by atoms with Crippen molar-refractivity contribution >= 4 is 0 Å². The van der Waals surface area contributed by atoms with E-state index in [0.29, 0.717) is 11.8 Å². The monoisotopic (exact) mass is 777 g/mol. The predicted molar refractivity (Wildman–Crippen MR) is 250 cm³/mol. The van der Waals surface area contributed by atoms with E-state index in [9.17, 15) is 0 Å². The highest BCUT2D eigenvalue weighted by molar-refractivity contribution is 4.65. The number of hydrogen-bond acceptors (Lipinski definition) is 2. The Balaban J connectivity index is 4.96. The predicted octanol–water partition coefficient (Wildman–Crippen LogP) is 19.5. The lowest BCUT2D eigenvalue weighted by Crippen LogP contribution is -2.24. The lowest BCUT2D eigenvalue weighted by atomic mass is 9.94. The Kier molecular flexibility index (Phi) is 48.2. The molecule has 2 unspecified atom stereocenters. The number of rotatable bonds is 49. The van der Waals surface area contributed by atoms with Crippen LogP contribution in [0.5, 0.6) is 0 Å². The maximum absolute atomic E-state index is 6.79. The lowest BCUT2D eigenvalue weighted by Gasteiger charge is -2.25. The molecule has 2 nitrogen and oxygen atoms in total. The first-order valence-corrected chi connectivity index (χ1v) is 26.4. The molecule has 0 aliphatic heterocycles. The summed E-state index contributed by atoms with van der Waals surface area (Å²) in [5.74, 6) is 1.42. The largest absolute Gasteiger partial charge is 0.352 e. The van der Waals surface area contributed by atoms with Crippen LogP contribution in [-0.4, -0.2) is 19.5 Å². The van der Waals surface area contributed by atoms with Crippen molar-refractivity contribution in [1.29, 1.82) is 0 Å². The van der Waals surface area contributed by atoms with Crippen molar-refractivity contribution in [3.8, 4) is 0 Å². The second kappa shape index (κ2) is 48.3. The molecular weight excluding hydrogens is 669 g/mol. The Labute approximate surface area is 350 Å². The van der Waals surface area contributed by atoms with Crippen LogP contribution >= 0.6 is 0 Å². The van der Waals surface area contributed by atoms with E-state index < -0.39 is 0 Å². The standard InChI is InChI=1S/C53H108O2/c1-6-11-16-20-24-28-30-34-38-42-46-51(44-40-36-32-26-22-18-13-8-3)49-54-53(48-15-10-5)55-50-52(45-41-37-33-27-23-19-14-9-4)47-43-39-35-31-29-25-21-17-12-7-2/h51-53H,6-50H2,1-5H3. The fraction of sp³-hybridized carbons (Fsp3) is 1.00. The molecule has 0 aliphatic carbocycles. The van der Waals surface area contributed by atoms with Gasteiger partial charge < -0.3 is 9.47 Å². The van der Waals surface area contributed by atoms with E-state index in [-0.39, 0.29) is 6.29 Å². The first kappa shape index (κ1) is 54.9. The average molecular weight is 777 g/mol. The molecule has 55 heavy (non-hydrogen) atoms. The van der Waals surface area contributed by atoms with Crippen LogP contribution in [0, 0.1) is 11.8 Å². The maximum Gasteiger partial charge on any atom is 0.157 e. The molecule has 0 aromatic carbocycles. The van der Waals surface area contributed by atoms with Crippen molar-refractivity contribution in [1.82, 2.24) is 0 Å². The van der Waals surface area contributed by atoms with Gasteiger partial charge >= 0.3 is 0 Å². The quantitative estimate of drug-likeness (QED) is 0.0452. The van der Waals surface area contributed by atoms with Gasteiger partial charge in [-0.2, -0.15) is 0 Å².